The van der Waals surface area contributed by atoms with Crippen LogP contribution in [0.25, 0.3) is 0 Å². The van der Waals surface area contributed by atoms with Crippen molar-refractivity contribution in [3.05, 3.63) is 35.4 Å². The number of Topliss-reactive ketones (excluding diaryl/α,β-unsaturated/α-hetero) is 1. The Kier molecular flexibility index (Phi) is 7.79. The minimum atomic E-state index is -0.540. The maximum Gasteiger partial charge on any atom is 0.320 e. The van der Waals surface area contributed by atoms with Gasteiger partial charge in [-0.25, -0.2) is 0 Å². The number of hydrogen-bond acceptors (Lipinski definition) is 5. The van der Waals surface area contributed by atoms with Crippen LogP contribution in [0.3, 0.4) is 0 Å². The van der Waals surface area contributed by atoms with Crippen molar-refractivity contribution < 1.29 is 14.3 Å². The summed E-state index contributed by atoms with van der Waals surface area (Å²) in [4.78, 5) is 24.4. The lowest BCUT2D eigenvalue weighted by Gasteiger charge is -2.23. The van der Waals surface area contributed by atoms with E-state index in [1.807, 2.05) is 46.8 Å². The molecule has 0 amide bonds. The quantitative estimate of drug-likeness (QED) is 0.733. The van der Waals surface area contributed by atoms with Crippen molar-refractivity contribution in [3.8, 4) is 6.07 Å². The first kappa shape index (κ1) is 20.9. The second kappa shape index (κ2) is 9.33. The highest BCUT2D eigenvalue weighted by Gasteiger charge is 2.23. The number of carbonyl (C=O) groups is 2. The number of hydrogen-bond donors (Lipinski definition) is 1. The molecule has 5 heteroatoms. The van der Waals surface area contributed by atoms with Crippen molar-refractivity contribution in [2.45, 2.75) is 59.1 Å². The summed E-state index contributed by atoms with van der Waals surface area (Å²) in [6.07, 6.45) is 0.935. The van der Waals surface area contributed by atoms with Crippen LogP contribution in [0.2, 0.25) is 0 Å². The lowest BCUT2D eigenvalue weighted by atomic mass is 9.95. The van der Waals surface area contributed by atoms with E-state index in [9.17, 15) is 9.59 Å². The molecule has 0 aromatic heterocycles. The Balaban J connectivity index is 2.58. The van der Waals surface area contributed by atoms with E-state index in [2.05, 4.69) is 11.4 Å². The van der Waals surface area contributed by atoms with Crippen LogP contribution in [0.5, 0.6) is 0 Å². The van der Waals surface area contributed by atoms with E-state index in [1.165, 1.54) is 0 Å². The van der Waals surface area contributed by atoms with Crippen LogP contribution in [-0.2, 0) is 20.7 Å². The van der Waals surface area contributed by atoms with Crippen LogP contribution in [0.1, 0.15) is 52.2 Å². The molecule has 0 fully saturated rings. The molecule has 25 heavy (non-hydrogen) atoms. The van der Waals surface area contributed by atoms with Gasteiger partial charge in [0.2, 0.25) is 0 Å². The summed E-state index contributed by atoms with van der Waals surface area (Å²) in [6, 6.07) is 8.97. The molecular formula is C20H28N2O3. The molecule has 0 spiro atoms. The van der Waals surface area contributed by atoms with Crippen LogP contribution < -0.4 is 5.32 Å². The number of nitriles is 1. The zero-order valence-corrected chi connectivity index (χ0v) is 15.8. The number of benzene rings is 1. The number of esters is 1. The maximum absolute atomic E-state index is 12.5. The summed E-state index contributed by atoms with van der Waals surface area (Å²) in [7, 11) is 0. The highest BCUT2D eigenvalue weighted by Crippen LogP contribution is 2.12. The van der Waals surface area contributed by atoms with E-state index in [0.29, 0.717) is 18.4 Å². The number of aryl methyl sites for hydroxylation is 1. The van der Waals surface area contributed by atoms with Crippen molar-refractivity contribution in [1.82, 2.24) is 5.32 Å². The fraction of sp³-hybridized carbons (Fsp3) is 0.550. The number of carbonyl (C=O) groups excluding carboxylic acids is 2. The zero-order chi connectivity index (χ0) is 19.0. The SMILES string of the molecule is CC(C)[C@@H](NCC(=O)OC(C)(C)C)C(=O)CCc1cccc(C#N)c1. The van der Waals surface area contributed by atoms with Gasteiger partial charge in [-0.2, -0.15) is 5.26 Å². The fourth-order valence-electron chi connectivity index (χ4n) is 2.51. The molecule has 1 N–H and O–H groups in total. The van der Waals surface area contributed by atoms with E-state index >= 15 is 0 Å². The average molecular weight is 344 g/mol. The summed E-state index contributed by atoms with van der Waals surface area (Å²) in [5, 5.41) is 12.0. The number of ether oxygens (including phenoxy) is 1. The summed E-state index contributed by atoms with van der Waals surface area (Å²) >= 11 is 0. The van der Waals surface area contributed by atoms with Crippen LogP contribution in [-0.4, -0.2) is 29.9 Å². The largest absolute Gasteiger partial charge is 0.459 e. The number of nitrogens with zero attached hydrogens (tertiary/aromatic N) is 1. The van der Waals surface area contributed by atoms with Gasteiger partial charge < -0.3 is 4.74 Å². The van der Waals surface area contributed by atoms with E-state index in [1.54, 1.807) is 12.1 Å². The standard InChI is InChI=1S/C20H28N2O3/c1-14(2)19(22-13-18(24)25-20(3,4)5)17(23)10-9-15-7-6-8-16(11-15)12-21/h6-8,11,14,19,22H,9-10,13H2,1-5H3/t19-/m1/s1. The highest BCUT2D eigenvalue weighted by atomic mass is 16.6. The Labute approximate surface area is 150 Å². The number of nitrogens with one attached hydrogen (secondary N) is 1. The van der Waals surface area contributed by atoms with Crippen LogP contribution >= 0.6 is 0 Å². The van der Waals surface area contributed by atoms with Crippen molar-refractivity contribution in [2.75, 3.05) is 6.54 Å². The molecule has 1 aromatic rings. The molecule has 1 atom stereocenters. The monoisotopic (exact) mass is 344 g/mol. The van der Waals surface area contributed by atoms with Gasteiger partial charge >= 0.3 is 5.97 Å². The van der Waals surface area contributed by atoms with Crippen molar-refractivity contribution in [1.29, 1.82) is 5.26 Å². The Morgan fingerprint density at radius 1 is 1.28 bits per heavy atom. The first-order valence-corrected chi connectivity index (χ1v) is 8.59. The van der Waals surface area contributed by atoms with Crippen LogP contribution in [0.15, 0.2) is 24.3 Å². The fourth-order valence-corrected chi connectivity index (χ4v) is 2.51. The molecule has 0 aliphatic carbocycles. The molecule has 0 heterocycles. The third-order valence-corrected chi connectivity index (χ3v) is 3.62. The Bertz CT molecular complexity index is 639. The molecule has 0 aliphatic heterocycles. The normalized spacial score (nSPS) is 12.5. The minimum Gasteiger partial charge on any atom is -0.459 e. The van der Waals surface area contributed by atoms with Gasteiger partial charge in [-0.15, -0.1) is 0 Å². The van der Waals surface area contributed by atoms with Gasteiger partial charge in [0.05, 0.1) is 24.2 Å². The minimum absolute atomic E-state index is 0.00970. The van der Waals surface area contributed by atoms with E-state index < -0.39 is 11.6 Å². The van der Waals surface area contributed by atoms with Crippen molar-refractivity contribution in [3.63, 3.8) is 0 Å². The smallest absolute Gasteiger partial charge is 0.320 e. The van der Waals surface area contributed by atoms with Gasteiger partial charge in [0, 0.05) is 6.42 Å². The molecule has 0 unspecified atom stereocenters. The molecule has 1 rings (SSSR count). The number of rotatable bonds is 8. The average Bonchev–Trinajstić information content (AvgIpc) is 2.51. The molecular weight excluding hydrogens is 316 g/mol. The van der Waals surface area contributed by atoms with E-state index in [0.717, 1.165) is 5.56 Å². The van der Waals surface area contributed by atoms with Gasteiger partial charge in [0.1, 0.15) is 11.4 Å². The van der Waals surface area contributed by atoms with Gasteiger partial charge in [-0.1, -0.05) is 26.0 Å². The van der Waals surface area contributed by atoms with Gasteiger partial charge in [0.25, 0.3) is 0 Å². The maximum atomic E-state index is 12.5. The molecule has 0 saturated carbocycles. The summed E-state index contributed by atoms with van der Waals surface area (Å²) in [5.74, 6) is -0.242. The van der Waals surface area contributed by atoms with E-state index in [-0.39, 0.29) is 24.2 Å². The molecule has 5 nitrogen and oxygen atoms in total. The first-order chi connectivity index (χ1) is 11.6. The van der Waals surface area contributed by atoms with Gasteiger partial charge in [-0.3, -0.25) is 14.9 Å². The third kappa shape index (κ3) is 7.95. The third-order valence-electron chi connectivity index (χ3n) is 3.62. The first-order valence-electron chi connectivity index (χ1n) is 8.59. The van der Waals surface area contributed by atoms with Gasteiger partial charge in [-0.05, 0) is 50.8 Å². The Hall–Kier alpha value is -2.19. The Morgan fingerprint density at radius 2 is 1.96 bits per heavy atom. The summed E-state index contributed by atoms with van der Waals surface area (Å²) < 4.78 is 5.26. The lowest BCUT2D eigenvalue weighted by Crippen LogP contribution is -2.44. The molecule has 0 bridgehead atoms. The Morgan fingerprint density at radius 3 is 2.52 bits per heavy atom. The van der Waals surface area contributed by atoms with Crippen molar-refractivity contribution in [2.24, 2.45) is 5.92 Å². The van der Waals surface area contributed by atoms with Crippen molar-refractivity contribution >= 4 is 11.8 Å². The predicted octanol–water partition coefficient (Wildman–Crippen LogP) is 3.02. The number of ketones is 1. The molecule has 136 valence electrons. The topological polar surface area (TPSA) is 79.2 Å². The lowest BCUT2D eigenvalue weighted by molar-refractivity contribution is -0.153. The second-order valence-electron chi connectivity index (χ2n) is 7.47. The van der Waals surface area contributed by atoms with E-state index in [4.69, 9.17) is 10.00 Å². The molecule has 0 aliphatic rings. The second-order valence-corrected chi connectivity index (χ2v) is 7.47. The zero-order valence-electron chi connectivity index (χ0n) is 15.8. The molecule has 0 saturated heterocycles. The van der Waals surface area contributed by atoms with Crippen LogP contribution in [0, 0.1) is 17.2 Å². The predicted molar refractivity (Wildman–Crippen MR) is 97.0 cm³/mol. The highest BCUT2D eigenvalue weighted by molar-refractivity contribution is 5.85. The summed E-state index contributed by atoms with van der Waals surface area (Å²) in [6.45, 7) is 9.33. The van der Waals surface area contributed by atoms with Gasteiger partial charge in [0.15, 0.2) is 0 Å². The molecule has 0 radical (unpaired) electrons. The molecule has 1 aromatic carbocycles. The van der Waals surface area contributed by atoms with Crippen LogP contribution in [0.4, 0.5) is 0 Å². The summed E-state index contributed by atoms with van der Waals surface area (Å²) in [5.41, 5.74) is 1.01.